The van der Waals surface area contributed by atoms with E-state index in [1.54, 1.807) is 0 Å². The van der Waals surface area contributed by atoms with Gasteiger partial charge in [-0.2, -0.15) is 0 Å². The second-order valence-corrected chi connectivity index (χ2v) is 5.88. The van der Waals surface area contributed by atoms with E-state index in [0.717, 1.165) is 36.7 Å². The standard InChI is InChI=1S/C17H25NO/c1-3-18-17(16-14-9-6-10-15(14)16)12-7-5-8-13(11-12)19-4-2/h5,7-8,11,14-18H,3-4,6,9-10H2,1-2H3. The van der Waals surface area contributed by atoms with Gasteiger partial charge in [-0.3, -0.25) is 0 Å². The second kappa shape index (κ2) is 5.54. The minimum Gasteiger partial charge on any atom is -0.494 e. The lowest BCUT2D eigenvalue weighted by Gasteiger charge is -2.21. The van der Waals surface area contributed by atoms with Gasteiger partial charge >= 0.3 is 0 Å². The van der Waals surface area contributed by atoms with Crippen molar-refractivity contribution < 1.29 is 4.74 Å². The van der Waals surface area contributed by atoms with Crippen molar-refractivity contribution in [1.29, 1.82) is 0 Å². The highest BCUT2D eigenvalue weighted by Crippen LogP contribution is 2.62. The zero-order valence-electron chi connectivity index (χ0n) is 12.1. The van der Waals surface area contributed by atoms with Crippen LogP contribution in [-0.2, 0) is 0 Å². The molecular formula is C17H25NO. The van der Waals surface area contributed by atoms with Crippen molar-refractivity contribution in [3.05, 3.63) is 29.8 Å². The van der Waals surface area contributed by atoms with Gasteiger partial charge in [0.05, 0.1) is 6.61 Å². The summed E-state index contributed by atoms with van der Waals surface area (Å²) in [4.78, 5) is 0. The van der Waals surface area contributed by atoms with Gasteiger partial charge < -0.3 is 10.1 Å². The van der Waals surface area contributed by atoms with Crippen molar-refractivity contribution in [2.45, 2.75) is 39.2 Å². The summed E-state index contributed by atoms with van der Waals surface area (Å²) in [5.74, 6) is 3.85. The zero-order chi connectivity index (χ0) is 13.2. The highest BCUT2D eigenvalue weighted by atomic mass is 16.5. The second-order valence-electron chi connectivity index (χ2n) is 5.88. The quantitative estimate of drug-likeness (QED) is 0.839. The van der Waals surface area contributed by atoms with Crippen molar-refractivity contribution in [2.24, 2.45) is 17.8 Å². The monoisotopic (exact) mass is 259 g/mol. The molecule has 2 saturated carbocycles. The molecule has 3 unspecified atom stereocenters. The van der Waals surface area contributed by atoms with E-state index in [1.165, 1.54) is 24.8 Å². The molecule has 19 heavy (non-hydrogen) atoms. The van der Waals surface area contributed by atoms with Gasteiger partial charge in [0, 0.05) is 6.04 Å². The number of rotatable bonds is 6. The lowest BCUT2D eigenvalue weighted by molar-refractivity contribution is 0.338. The molecule has 0 aromatic heterocycles. The molecule has 2 aliphatic rings. The highest BCUT2D eigenvalue weighted by molar-refractivity contribution is 5.32. The third-order valence-electron chi connectivity index (χ3n) is 4.81. The Morgan fingerprint density at radius 2 is 2.05 bits per heavy atom. The summed E-state index contributed by atoms with van der Waals surface area (Å²) in [7, 11) is 0. The normalized spacial score (nSPS) is 29.9. The van der Waals surface area contributed by atoms with E-state index < -0.39 is 0 Å². The lowest BCUT2D eigenvalue weighted by Crippen LogP contribution is -2.24. The minimum atomic E-state index is 0.528. The molecule has 3 rings (SSSR count). The Labute approximate surface area is 116 Å². The Kier molecular flexibility index (Phi) is 3.79. The molecule has 2 fully saturated rings. The van der Waals surface area contributed by atoms with Crippen LogP contribution in [-0.4, -0.2) is 13.2 Å². The van der Waals surface area contributed by atoms with Gasteiger partial charge in [0.2, 0.25) is 0 Å². The molecule has 2 heteroatoms. The topological polar surface area (TPSA) is 21.3 Å². The average Bonchev–Trinajstić information content (AvgIpc) is 2.88. The molecule has 3 atom stereocenters. The molecule has 0 radical (unpaired) electrons. The van der Waals surface area contributed by atoms with E-state index in [9.17, 15) is 0 Å². The third kappa shape index (κ3) is 2.51. The van der Waals surface area contributed by atoms with Crippen molar-refractivity contribution in [1.82, 2.24) is 5.32 Å². The number of hydrogen-bond donors (Lipinski definition) is 1. The Morgan fingerprint density at radius 1 is 1.26 bits per heavy atom. The van der Waals surface area contributed by atoms with Crippen LogP contribution in [0.25, 0.3) is 0 Å². The van der Waals surface area contributed by atoms with Crippen LogP contribution >= 0.6 is 0 Å². The largest absolute Gasteiger partial charge is 0.494 e. The molecule has 104 valence electrons. The Bertz CT molecular complexity index is 421. The molecule has 0 aliphatic heterocycles. The summed E-state index contributed by atoms with van der Waals surface area (Å²) in [6.07, 6.45) is 4.34. The zero-order valence-corrected chi connectivity index (χ0v) is 12.1. The van der Waals surface area contributed by atoms with E-state index in [0.29, 0.717) is 6.04 Å². The fraction of sp³-hybridized carbons (Fsp3) is 0.647. The molecule has 0 bridgehead atoms. The van der Waals surface area contributed by atoms with Crippen LogP contribution < -0.4 is 10.1 Å². The predicted octanol–water partition coefficient (Wildman–Crippen LogP) is 3.78. The lowest BCUT2D eigenvalue weighted by atomic mass is 9.96. The Balaban J connectivity index is 1.78. The van der Waals surface area contributed by atoms with E-state index in [1.807, 2.05) is 6.92 Å². The van der Waals surface area contributed by atoms with E-state index >= 15 is 0 Å². The summed E-state index contributed by atoms with van der Waals surface area (Å²) in [6, 6.07) is 9.20. The molecule has 0 heterocycles. The van der Waals surface area contributed by atoms with E-state index in [2.05, 4.69) is 36.5 Å². The molecule has 1 N–H and O–H groups in total. The molecule has 1 aromatic carbocycles. The van der Waals surface area contributed by atoms with E-state index in [4.69, 9.17) is 4.74 Å². The summed E-state index contributed by atoms with van der Waals surface area (Å²) in [5, 5.41) is 3.70. The van der Waals surface area contributed by atoms with Crippen LogP contribution in [0.3, 0.4) is 0 Å². The van der Waals surface area contributed by atoms with Gasteiger partial charge in [0.15, 0.2) is 0 Å². The minimum absolute atomic E-state index is 0.528. The average molecular weight is 259 g/mol. The fourth-order valence-electron chi connectivity index (χ4n) is 4.03. The molecular weight excluding hydrogens is 234 g/mol. The Hall–Kier alpha value is -1.02. The SMILES string of the molecule is CCNC(c1cccc(OCC)c1)C1C2CCCC21. The van der Waals surface area contributed by atoms with Gasteiger partial charge in [-0.25, -0.2) is 0 Å². The summed E-state index contributed by atoms with van der Waals surface area (Å²) < 4.78 is 5.64. The van der Waals surface area contributed by atoms with Crippen molar-refractivity contribution in [2.75, 3.05) is 13.2 Å². The first-order chi connectivity index (χ1) is 9.35. The third-order valence-corrected chi connectivity index (χ3v) is 4.81. The van der Waals surface area contributed by atoms with Gasteiger partial charge in [-0.15, -0.1) is 0 Å². The van der Waals surface area contributed by atoms with Crippen LogP contribution in [0.5, 0.6) is 5.75 Å². The fourth-order valence-corrected chi connectivity index (χ4v) is 4.03. The molecule has 0 saturated heterocycles. The van der Waals surface area contributed by atoms with Crippen LogP contribution in [0.4, 0.5) is 0 Å². The van der Waals surface area contributed by atoms with Crippen LogP contribution in [0.15, 0.2) is 24.3 Å². The van der Waals surface area contributed by atoms with Crippen LogP contribution in [0.1, 0.15) is 44.7 Å². The van der Waals surface area contributed by atoms with E-state index in [-0.39, 0.29) is 0 Å². The number of ether oxygens (including phenoxy) is 1. The predicted molar refractivity (Wildman–Crippen MR) is 78.3 cm³/mol. The van der Waals surface area contributed by atoms with Crippen molar-refractivity contribution in [3.8, 4) is 5.75 Å². The van der Waals surface area contributed by atoms with Gasteiger partial charge in [0.1, 0.15) is 5.75 Å². The number of hydrogen-bond acceptors (Lipinski definition) is 2. The first-order valence-corrected chi connectivity index (χ1v) is 7.81. The number of nitrogens with one attached hydrogen (secondary N) is 1. The van der Waals surface area contributed by atoms with Gasteiger partial charge in [-0.05, 0) is 61.8 Å². The molecule has 0 spiro atoms. The first-order valence-electron chi connectivity index (χ1n) is 7.81. The van der Waals surface area contributed by atoms with Gasteiger partial charge in [0.25, 0.3) is 0 Å². The smallest absolute Gasteiger partial charge is 0.119 e. The summed E-state index contributed by atoms with van der Waals surface area (Å²) >= 11 is 0. The number of benzene rings is 1. The van der Waals surface area contributed by atoms with Crippen LogP contribution in [0, 0.1) is 17.8 Å². The molecule has 0 amide bonds. The number of fused-ring (bicyclic) bond motifs is 1. The maximum Gasteiger partial charge on any atom is 0.119 e. The maximum absolute atomic E-state index is 5.64. The van der Waals surface area contributed by atoms with Crippen molar-refractivity contribution >= 4 is 0 Å². The maximum atomic E-state index is 5.64. The highest BCUT2D eigenvalue weighted by Gasteiger charge is 2.55. The molecule has 2 nitrogen and oxygen atoms in total. The van der Waals surface area contributed by atoms with Crippen molar-refractivity contribution in [3.63, 3.8) is 0 Å². The molecule has 2 aliphatic carbocycles. The summed E-state index contributed by atoms with van der Waals surface area (Å²) in [6.45, 7) is 6.03. The first kappa shape index (κ1) is 13.0. The van der Waals surface area contributed by atoms with Crippen LogP contribution in [0.2, 0.25) is 0 Å². The molecule has 1 aromatic rings. The Morgan fingerprint density at radius 3 is 2.74 bits per heavy atom. The van der Waals surface area contributed by atoms with Gasteiger partial charge in [-0.1, -0.05) is 25.5 Å². The summed E-state index contributed by atoms with van der Waals surface area (Å²) in [5.41, 5.74) is 1.41.